The number of hydrogen-bond donors (Lipinski definition) is 3. The number of benzene rings is 2. The molecule has 33 heavy (non-hydrogen) atoms. The fraction of sp³-hybridized carbons (Fsp3) is 0.125. The fourth-order valence-corrected chi connectivity index (χ4v) is 4.68. The highest BCUT2D eigenvalue weighted by atomic mass is 32.1. The van der Waals surface area contributed by atoms with Crippen LogP contribution in [0.5, 0.6) is 11.5 Å². The molecule has 1 atom stereocenters. The van der Waals surface area contributed by atoms with E-state index in [1.54, 1.807) is 53.5 Å². The van der Waals surface area contributed by atoms with Crippen molar-refractivity contribution in [2.75, 3.05) is 17.7 Å². The maximum absolute atomic E-state index is 13.5. The van der Waals surface area contributed by atoms with E-state index in [4.69, 9.17) is 9.84 Å². The number of thiophene rings is 1. The van der Waals surface area contributed by atoms with Crippen LogP contribution in [0, 0.1) is 0 Å². The molecule has 0 unspecified atom stereocenters. The summed E-state index contributed by atoms with van der Waals surface area (Å²) < 4.78 is 7.10. The van der Waals surface area contributed by atoms with Gasteiger partial charge in [-0.1, -0.05) is 30.3 Å². The average Bonchev–Trinajstić information content (AvgIpc) is 3.48. The number of aromatic hydroxyl groups is 1. The lowest BCUT2D eigenvalue weighted by Crippen LogP contribution is -2.31. The van der Waals surface area contributed by atoms with Gasteiger partial charge in [0.25, 0.3) is 5.91 Å². The van der Waals surface area contributed by atoms with Crippen molar-refractivity contribution in [1.29, 1.82) is 0 Å². The van der Waals surface area contributed by atoms with Crippen LogP contribution in [0.2, 0.25) is 0 Å². The van der Waals surface area contributed by atoms with E-state index in [9.17, 15) is 9.90 Å². The molecule has 1 aliphatic rings. The number of anilines is 2. The molecule has 0 fully saturated rings. The lowest BCUT2D eigenvalue weighted by atomic mass is 10.0. The Bertz CT molecular complexity index is 1360. The number of ether oxygens (including phenoxy) is 1. The maximum atomic E-state index is 13.5. The Morgan fingerprint density at radius 2 is 2.03 bits per heavy atom. The van der Waals surface area contributed by atoms with E-state index >= 15 is 0 Å². The molecule has 1 aliphatic heterocycles. The average molecular weight is 460 g/mol. The van der Waals surface area contributed by atoms with Gasteiger partial charge in [0, 0.05) is 16.1 Å². The first-order chi connectivity index (χ1) is 16.0. The molecule has 0 saturated heterocycles. The lowest BCUT2D eigenvalue weighted by Gasteiger charge is -2.27. The zero-order valence-electron chi connectivity index (χ0n) is 17.9. The van der Waals surface area contributed by atoms with E-state index in [2.05, 4.69) is 15.6 Å². The summed E-state index contributed by atoms with van der Waals surface area (Å²) in [7, 11) is 1.57. The molecule has 3 heterocycles. The van der Waals surface area contributed by atoms with Gasteiger partial charge < -0.3 is 20.5 Å². The molecule has 0 radical (unpaired) electrons. The molecule has 1 amide bonds. The van der Waals surface area contributed by atoms with E-state index in [1.165, 1.54) is 0 Å². The van der Waals surface area contributed by atoms with Gasteiger partial charge in [0.05, 0.1) is 18.4 Å². The number of para-hydroxylation sites is 2. The van der Waals surface area contributed by atoms with E-state index < -0.39 is 6.04 Å². The molecule has 166 valence electrons. The maximum Gasteiger partial charge on any atom is 0.256 e. The number of nitrogens with one attached hydrogen (secondary N) is 2. The monoisotopic (exact) mass is 459 g/mol. The Hall–Kier alpha value is -4.11. The molecule has 2 aromatic carbocycles. The van der Waals surface area contributed by atoms with Crippen molar-refractivity contribution in [3.63, 3.8) is 0 Å². The summed E-state index contributed by atoms with van der Waals surface area (Å²) in [5.41, 5.74) is 2.48. The Labute approximate surface area is 194 Å². The molecular weight excluding hydrogens is 438 g/mol. The molecule has 9 heteroatoms. The van der Waals surface area contributed by atoms with E-state index in [0.717, 1.165) is 4.88 Å². The Balaban J connectivity index is 1.57. The summed E-state index contributed by atoms with van der Waals surface area (Å²) in [6.07, 6.45) is 0. The van der Waals surface area contributed by atoms with E-state index in [0.29, 0.717) is 40.0 Å². The highest BCUT2D eigenvalue weighted by Gasteiger charge is 2.35. The number of carbonyl (C=O) groups excluding carboxylic acids is 1. The van der Waals surface area contributed by atoms with Gasteiger partial charge in [-0.15, -0.1) is 16.4 Å². The van der Waals surface area contributed by atoms with Gasteiger partial charge in [0.1, 0.15) is 17.5 Å². The Morgan fingerprint density at radius 1 is 1.18 bits per heavy atom. The van der Waals surface area contributed by atoms with Gasteiger partial charge in [-0.25, -0.2) is 4.68 Å². The number of phenols is 1. The number of fused-ring (bicyclic) bond motifs is 1. The number of phenolic OH excluding ortho intramolecular Hbond substituents is 1. The van der Waals surface area contributed by atoms with Crippen LogP contribution in [-0.4, -0.2) is 32.9 Å². The number of amides is 1. The van der Waals surface area contributed by atoms with Crippen LogP contribution in [0.3, 0.4) is 0 Å². The minimum Gasteiger partial charge on any atom is -0.508 e. The number of methoxy groups -OCH3 is 1. The van der Waals surface area contributed by atoms with Crippen molar-refractivity contribution in [3.05, 3.63) is 82.2 Å². The summed E-state index contributed by atoms with van der Waals surface area (Å²) in [4.78, 5) is 19.1. The molecule has 8 nitrogen and oxygen atoms in total. The predicted molar refractivity (Wildman–Crippen MR) is 128 cm³/mol. The summed E-state index contributed by atoms with van der Waals surface area (Å²) >= 11 is 1.54. The van der Waals surface area contributed by atoms with Crippen LogP contribution < -0.4 is 15.4 Å². The molecule has 0 aliphatic carbocycles. The van der Waals surface area contributed by atoms with Gasteiger partial charge in [-0.05, 0) is 42.6 Å². The first-order valence-corrected chi connectivity index (χ1v) is 11.1. The fourth-order valence-electron chi connectivity index (χ4n) is 3.86. The van der Waals surface area contributed by atoms with Crippen molar-refractivity contribution < 1.29 is 14.6 Å². The molecule has 3 N–H and O–H groups in total. The van der Waals surface area contributed by atoms with E-state index in [1.807, 2.05) is 42.6 Å². The van der Waals surface area contributed by atoms with Crippen molar-refractivity contribution in [3.8, 4) is 22.9 Å². The third kappa shape index (κ3) is 3.83. The summed E-state index contributed by atoms with van der Waals surface area (Å²) in [5, 5.41) is 22.7. The minimum absolute atomic E-state index is 0.134. The summed E-state index contributed by atoms with van der Waals surface area (Å²) in [6.45, 7) is 1.85. The first kappa shape index (κ1) is 20.8. The van der Waals surface area contributed by atoms with Gasteiger partial charge in [0.15, 0.2) is 5.82 Å². The van der Waals surface area contributed by atoms with Crippen LogP contribution in [0.25, 0.3) is 11.4 Å². The van der Waals surface area contributed by atoms with Crippen LogP contribution in [0.1, 0.15) is 17.8 Å². The molecular formula is C24H21N5O3S. The second-order valence-corrected chi connectivity index (χ2v) is 8.47. The second kappa shape index (κ2) is 8.44. The smallest absolute Gasteiger partial charge is 0.256 e. The zero-order chi connectivity index (χ0) is 22.9. The van der Waals surface area contributed by atoms with Crippen LogP contribution in [0.4, 0.5) is 11.6 Å². The molecule has 0 spiro atoms. The predicted octanol–water partition coefficient (Wildman–Crippen LogP) is 4.65. The number of carbonyl (C=O) groups is 1. The Morgan fingerprint density at radius 3 is 2.79 bits per heavy atom. The number of hydrogen-bond acceptors (Lipinski definition) is 7. The minimum atomic E-state index is -0.463. The van der Waals surface area contributed by atoms with Crippen LogP contribution in [0.15, 0.2) is 77.3 Å². The Kier molecular flexibility index (Phi) is 5.31. The molecule has 2 aromatic heterocycles. The first-order valence-electron chi connectivity index (χ1n) is 10.3. The van der Waals surface area contributed by atoms with Crippen molar-refractivity contribution in [2.45, 2.75) is 13.0 Å². The number of nitrogens with zero attached hydrogens (tertiary/aromatic N) is 3. The highest BCUT2D eigenvalue weighted by Crippen LogP contribution is 2.39. The normalized spacial score (nSPS) is 15.0. The molecule has 4 aromatic rings. The summed E-state index contributed by atoms with van der Waals surface area (Å²) in [6, 6.07) is 17.5. The van der Waals surface area contributed by atoms with Crippen LogP contribution >= 0.6 is 11.3 Å². The SMILES string of the molecule is COc1ccccc1NC(=O)C1=C(C)Nc2nc(-c3cccc(O)c3)nn2[C@H]1c1cccs1. The zero-order valence-corrected chi connectivity index (χ0v) is 18.8. The number of allylic oxidation sites excluding steroid dienone is 1. The van der Waals surface area contributed by atoms with Crippen molar-refractivity contribution in [1.82, 2.24) is 14.8 Å². The second-order valence-electron chi connectivity index (χ2n) is 7.49. The van der Waals surface area contributed by atoms with Gasteiger partial charge in [-0.3, -0.25) is 4.79 Å². The topological polar surface area (TPSA) is 101 Å². The molecule has 0 saturated carbocycles. The standard InChI is InChI=1S/C24H21N5O3S/c1-14-20(23(31)26-17-9-3-4-10-18(17)32-2)21(19-11-6-12-33-19)29-24(25-14)27-22(28-29)15-7-5-8-16(30)13-15/h3-13,21,30H,1-2H3,(H,26,31)(H,25,27,28)/t21-/m0/s1. The quantitative estimate of drug-likeness (QED) is 0.402. The van der Waals surface area contributed by atoms with Crippen molar-refractivity contribution in [2.24, 2.45) is 0 Å². The molecule has 5 rings (SSSR count). The van der Waals surface area contributed by atoms with Gasteiger partial charge >= 0.3 is 0 Å². The number of aromatic nitrogens is 3. The van der Waals surface area contributed by atoms with E-state index in [-0.39, 0.29) is 11.7 Å². The summed E-state index contributed by atoms with van der Waals surface area (Å²) in [5.74, 6) is 1.43. The third-order valence-corrected chi connectivity index (χ3v) is 6.29. The van der Waals surface area contributed by atoms with Gasteiger partial charge in [-0.2, -0.15) is 4.98 Å². The molecule has 0 bridgehead atoms. The lowest BCUT2D eigenvalue weighted by molar-refractivity contribution is -0.113. The highest BCUT2D eigenvalue weighted by molar-refractivity contribution is 7.10. The third-order valence-electron chi connectivity index (χ3n) is 5.37. The van der Waals surface area contributed by atoms with Crippen LogP contribution in [-0.2, 0) is 4.79 Å². The largest absolute Gasteiger partial charge is 0.508 e. The number of rotatable bonds is 5. The van der Waals surface area contributed by atoms with Crippen molar-refractivity contribution >= 4 is 28.9 Å². The van der Waals surface area contributed by atoms with Gasteiger partial charge in [0.2, 0.25) is 5.95 Å².